The van der Waals surface area contributed by atoms with Crippen molar-refractivity contribution in [3.63, 3.8) is 0 Å². The Hall–Kier alpha value is -2.04. The predicted molar refractivity (Wildman–Crippen MR) is 78.2 cm³/mol. The molecule has 5 heteroatoms. The van der Waals surface area contributed by atoms with E-state index in [1.165, 1.54) is 0 Å². The fraction of sp³-hybridized carbons (Fsp3) is 0.467. The Labute approximate surface area is 119 Å². The lowest BCUT2D eigenvalue weighted by Gasteiger charge is -2.26. The summed E-state index contributed by atoms with van der Waals surface area (Å²) in [6.45, 7) is 6.61. The van der Waals surface area contributed by atoms with E-state index in [9.17, 15) is 4.79 Å². The van der Waals surface area contributed by atoms with Crippen LogP contribution in [-0.4, -0.2) is 29.4 Å². The first-order valence-corrected chi connectivity index (χ1v) is 6.95. The molecule has 0 spiro atoms. The van der Waals surface area contributed by atoms with Crippen LogP contribution in [0.1, 0.15) is 38.8 Å². The highest BCUT2D eigenvalue weighted by Gasteiger charge is 2.38. The molecule has 0 radical (unpaired) electrons. The van der Waals surface area contributed by atoms with Crippen molar-refractivity contribution < 1.29 is 9.53 Å². The minimum absolute atomic E-state index is 0.0306. The zero-order valence-electron chi connectivity index (χ0n) is 12.1. The molecular weight excluding hydrogens is 254 g/mol. The van der Waals surface area contributed by atoms with E-state index in [0.29, 0.717) is 6.61 Å². The fourth-order valence-corrected chi connectivity index (χ4v) is 2.36. The SMILES string of the molecule is CCCOc1cccc(C2C(=N)NC(=O)N2C(C)C)c1. The van der Waals surface area contributed by atoms with Crippen molar-refractivity contribution in [1.29, 1.82) is 5.41 Å². The summed E-state index contributed by atoms with van der Waals surface area (Å²) in [5, 5.41) is 10.6. The lowest BCUT2D eigenvalue weighted by atomic mass is 10.0. The Bertz CT molecular complexity index is 514. The third-order valence-electron chi connectivity index (χ3n) is 3.23. The van der Waals surface area contributed by atoms with Gasteiger partial charge in [-0.05, 0) is 38.0 Å². The molecule has 1 saturated heterocycles. The van der Waals surface area contributed by atoms with Gasteiger partial charge in [0.25, 0.3) is 0 Å². The smallest absolute Gasteiger partial charge is 0.323 e. The molecule has 1 unspecified atom stereocenters. The number of nitrogens with one attached hydrogen (secondary N) is 2. The van der Waals surface area contributed by atoms with Gasteiger partial charge in [0, 0.05) is 6.04 Å². The highest BCUT2D eigenvalue weighted by atomic mass is 16.5. The molecule has 2 rings (SSSR count). The van der Waals surface area contributed by atoms with Crippen molar-refractivity contribution in [2.75, 3.05) is 6.61 Å². The van der Waals surface area contributed by atoms with Gasteiger partial charge in [-0.3, -0.25) is 10.7 Å². The first-order chi connectivity index (χ1) is 9.54. The summed E-state index contributed by atoms with van der Waals surface area (Å²) < 4.78 is 5.62. The number of ether oxygens (including phenoxy) is 1. The quantitative estimate of drug-likeness (QED) is 0.867. The summed E-state index contributed by atoms with van der Waals surface area (Å²) in [7, 11) is 0. The molecule has 2 N–H and O–H groups in total. The van der Waals surface area contributed by atoms with Gasteiger partial charge in [-0.25, -0.2) is 4.79 Å². The maximum Gasteiger partial charge on any atom is 0.323 e. The zero-order chi connectivity index (χ0) is 14.7. The Morgan fingerprint density at radius 1 is 1.45 bits per heavy atom. The second-order valence-corrected chi connectivity index (χ2v) is 5.17. The van der Waals surface area contributed by atoms with E-state index >= 15 is 0 Å². The summed E-state index contributed by atoms with van der Waals surface area (Å²) in [4.78, 5) is 13.6. The zero-order valence-corrected chi connectivity index (χ0v) is 12.1. The molecule has 1 aliphatic rings. The Kier molecular flexibility index (Phi) is 4.27. The van der Waals surface area contributed by atoms with Crippen LogP contribution in [0, 0.1) is 5.41 Å². The molecule has 0 aliphatic carbocycles. The molecule has 2 amide bonds. The Morgan fingerprint density at radius 3 is 2.85 bits per heavy atom. The Balaban J connectivity index is 2.29. The minimum Gasteiger partial charge on any atom is -0.494 e. The number of amides is 2. The van der Waals surface area contributed by atoms with E-state index in [1.807, 2.05) is 38.1 Å². The van der Waals surface area contributed by atoms with E-state index in [4.69, 9.17) is 10.1 Å². The molecule has 1 aromatic rings. The summed E-state index contributed by atoms with van der Waals surface area (Å²) in [6.07, 6.45) is 0.946. The van der Waals surface area contributed by atoms with Crippen LogP contribution in [0.25, 0.3) is 0 Å². The lowest BCUT2D eigenvalue weighted by Crippen LogP contribution is -2.35. The van der Waals surface area contributed by atoms with Gasteiger partial charge in [-0.1, -0.05) is 19.1 Å². The van der Waals surface area contributed by atoms with Crippen LogP contribution in [0.5, 0.6) is 5.75 Å². The van der Waals surface area contributed by atoms with Gasteiger partial charge in [0.2, 0.25) is 0 Å². The summed E-state index contributed by atoms with van der Waals surface area (Å²) in [6, 6.07) is 7.09. The Morgan fingerprint density at radius 2 is 2.20 bits per heavy atom. The molecule has 1 heterocycles. The van der Waals surface area contributed by atoms with Crippen molar-refractivity contribution in [2.24, 2.45) is 0 Å². The average molecular weight is 275 g/mol. The van der Waals surface area contributed by atoms with Gasteiger partial charge in [0.05, 0.1) is 6.61 Å². The highest BCUT2D eigenvalue weighted by Crippen LogP contribution is 2.30. The molecule has 20 heavy (non-hydrogen) atoms. The number of urea groups is 1. The molecule has 1 fully saturated rings. The van der Waals surface area contributed by atoms with Crippen molar-refractivity contribution in [3.05, 3.63) is 29.8 Å². The van der Waals surface area contributed by atoms with Gasteiger partial charge < -0.3 is 9.64 Å². The summed E-state index contributed by atoms with van der Waals surface area (Å²) in [5.74, 6) is 0.997. The third-order valence-corrected chi connectivity index (χ3v) is 3.23. The van der Waals surface area contributed by atoms with E-state index < -0.39 is 0 Å². The summed E-state index contributed by atoms with van der Waals surface area (Å²) >= 11 is 0. The largest absolute Gasteiger partial charge is 0.494 e. The monoisotopic (exact) mass is 275 g/mol. The van der Waals surface area contributed by atoms with Crippen molar-refractivity contribution in [1.82, 2.24) is 10.2 Å². The van der Waals surface area contributed by atoms with E-state index in [-0.39, 0.29) is 24.0 Å². The van der Waals surface area contributed by atoms with Gasteiger partial charge in [-0.2, -0.15) is 0 Å². The van der Waals surface area contributed by atoms with E-state index in [2.05, 4.69) is 12.2 Å². The third kappa shape index (κ3) is 2.76. The molecule has 1 aliphatic heterocycles. The van der Waals surface area contributed by atoms with Crippen LogP contribution in [0.15, 0.2) is 24.3 Å². The van der Waals surface area contributed by atoms with Crippen LogP contribution in [0.3, 0.4) is 0 Å². The molecule has 0 saturated carbocycles. The number of carbonyl (C=O) groups is 1. The van der Waals surface area contributed by atoms with Crippen molar-refractivity contribution in [3.8, 4) is 5.75 Å². The van der Waals surface area contributed by atoms with Crippen LogP contribution in [0.2, 0.25) is 0 Å². The molecule has 0 aromatic heterocycles. The van der Waals surface area contributed by atoms with Crippen LogP contribution >= 0.6 is 0 Å². The second-order valence-electron chi connectivity index (χ2n) is 5.17. The predicted octanol–water partition coefficient (Wildman–Crippen LogP) is 2.93. The lowest BCUT2D eigenvalue weighted by molar-refractivity contribution is 0.190. The van der Waals surface area contributed by atoms with E-state index in [0.717, 1.165) is 17.7 Å². The molecule has 1 aromatic carbocycles. The van der Waals surface area contributed by atoms with Gasteiger partial charge in [-0.15, -0.1) is 0 Å². The second kappa shape index (κ2) is 5.94. The maximum absolute atomic E-state index is 11.9. The molecule has 0 bridgehead atoms. The number of nitrogens with zero attached hydrogens (tertiary/aromatic N) is 1. The van der Waals surface area contributed by atoms with Gasteiger partial charge >= 0.3 is 6.03 Å². The van der Waals surface area contributed by atoms with Crippen molar-refractivity contribution in [2.45, 2.75) is 39.3 Å². The standard InChI is InChI=1S/C15H21N3O2/c1-4-8-20-12-7-5-6-11(9-12)13-14(16)17-15(19)18(13)10(2)3/h5-7,9-10,13H,4,8H2,1-3H3,(H2,16,17,19). The van der Waals surface area contributed by atoms with Gasteiger partial charge in [0.15, 0.2) is 0 Å². The number of benzene rings is 1. The number of rotatable bonds is 5. The molecule has 5 nitrogen and oxygen atoms in total. The van der Waals surface area contributed by atoms with Crippen LogP contribution in [-0.2, 0) is 0 Å². The molecule has 1 atom stereocenters. The number of carbonyl (C=O) groups excluding carboxylic acids is 1. The first-order valence-electron chi connectivity index (χ1n) is 6.95. The highest BCUT2D eigenvalue weighted by molar-refractivity contribution is 6.06. The maximum atomic E-state index is 11.9. The normalized spacial score (nSPS) is 18.6. The fourth-order valence-electron chi connectivity index (χ4n) is 2.36. The first kappa shape index (κ1) is 14.4. The molecular formula is C15H21N3O2. The minimum atomic E-state index is -0.354. The van der Waals surface area contributed by atoms with E-state index in [1.54, 1.807) is 4.90 Å². The average Bonchev–Trinajstić information content (AvgIpc) is 2.71. The van der Waals surface area contributed by atoms with Crippen molar-refractivity contribution >= 4 is 11.9 Å². The van der Waals surface area contributed by atoms with Gasteiger partial charge in [0.1, 0.15) is 17.6 Å². The summed E-state index contributed by atoms with van der Waals surface area (Å²) in [5.41, 5.74) is 0.899. The molecule has 108 valence electrons. The number of hydrogen-bond donors (Lipinski definition) is 2. The van der Waals surface area contributed by atoms with Crippen LogP contribution in [0.4, 0.5) is 4.79 Å². The number of hydrogen-bond acceptors (Lipinski definition) is 3. The van der Waals surface area contributed by atoms with Crippen LogP contribution < -0.4 is 10.1 Å². The number of amidine groups is 1. The topological polar surface area (TPSA) is 65.4 Å².